The molecule has 0 radical (unpaired) electrons. The second-order valence-electron chi connectivity index (χ2n) is 17.2. The maximum atomic E-state index is 13.1. The van der Waals surface area contributed by atoms with E-state index in [4.69, 9.17) is 4.74 Å². The summed E-state index contributed by atoms with van der Waals surface area (Å²) in [4.78, 5) is 26.0. The molecule has 3 unspecified atom stereocenters. The van der Waals surface area contributed by atoms with Crippen molar-refractivity contribution in [2.24, 2.45) is 0 Å². The summed E-state index contributed by atoms with van der Waals surface area (Å²) in [5.74, 6) is -0.616. The Balaban J connectivity index is 4.61. The van der Waals surface area contributed by atoms with E-state index in [1.54, 1.807) is 0 Å². The molecule has 0 aliphatic rings. The first kappa shape index (κ1) is 57.6. The maximum absolute atomic E-state index is 13.1. The summed E-state index contributed by atoms with van der Waals surface area (Å²) in [5, 5.41) is 23.7. The van der Waals surface area contributed by atoms with E-state index in [0.717, 1.165) is 70.6 Å². The van der Waals surface area contributed by atoms with Crippen LogP contribution in [0.25, 0.3) is 0 Å². The standard InChI is InChI=1S/C54H97NO5/c1-4-7-10-13-16-19-22-24-26-27-29-32-35-38-41-44-47-54(59)60-50(45-42-39-36-33-30-21-18-15-12-9-6-3)48-53(58)55-51(49-56)52(57)46-43-40-37-34-31-28-25-23-20-17-14-11-8-5-2/h7,10,16,19,24,26,33,36,42,45,50-52,56-57H,4-6,8-9,11-15,17-18,20-23,25,27-32,34-35,37-41,43-44,46-49H2,1-3H3,(H,55,58)/b10-7+,19-16+,26-24+,36-33-,45-42+. The van der Waals surface area contributed by atoms with Gasteiger partial charge in [0.25, 0.3) is 0 Å². The molecule has 0 aromatic rings. The van der Waals surface area contributed by atoms with E-state index in [1.165, 1.54) is 128 Å². The molecule has 6 heteroatoms. The summed E-state index contributed by atoms with van der Waals surface area (Å²) in [5.41, 5.74) is 0. The Bertz CT molecular complexity index is 1080. The second-order valence-corrected chi connectivity index (χ2v) is 17.2. The first-order valence-corrected chi connectivity index (χ1v) is 25.5. The van der Waals surface area contributed by atoms with Crippen molar-refractivity contribution in [1.82, 2.24) is 5.32 Å². The van der Waals surface area contributed by atoms with E-state index < -0.39 is 18.2 Å². The molecule has 0 saturated heterocycles. The van der Waals surface area contributed by atoms with Gasteiger partial charge in [-0.3, -0.25) is 9.59 Å². The van der Waals surface area contributed by atoms with Crippen LogP contribution in [0.3, 0.4) is 0 Å². The average Bonchev–Trinajstić information content (AvgIpc) is 3.24. The van der Waals surface area contributed by atoms with Crippen molar-refractivity contribution < 1.29 is 24.5 Å². The number of aliphatic hydroxyl groups is 2. The third-order valence-electron chi connectivity index (χ3n) is 11.3. The molecule has 0 spiro atoms. The highest BCUT2D eigenvalue weighted by atomic mass is 16.5. The summed E-state index contributed by atoms with van der Waals surface area (Å²) in [6.45, 7) is 6.33. The van der Waals surface area contributed by atoms with Gasteiger partial charge >= 0.3 is 5.97 Å². The highest BCUT2D eigenvalue weighted by Crippen LogP contribution is 2.16. The summed E-state index contributed by atoms with van der Waals surface area (Å²) in [7, 11) is 0. The third-order valence-corrected chi connectivity index (χ3v) is 11.3. The molecule has 0 heterocycles. The van der Waals surface area contributed by atoms with E-state index in [2.05, 4.69) is 74.7 Å². The van der Waals surface area contributed by atoms with Crippen LogP contribution in [0.5, 0.6) is 0 Å². The normalized spacial score (nSPS) is 13.8. The van der Waals surface area contributed by atoms with Crippen LogP contribution in [0.1, 0.15) is 245 Å². The first-order valence-electron chi connectivity index (χ1n) is 25.5. The van der Waals surface area contributed by atoms with Crippen LogP contribution in [-0.2, 0) is 14.3 Å². The number of hydrogen-bond acceptors (Lipinski definition) is 5. The molecule has 0 fully saturated rings. The molecule has 60 heavy (non-hydrogen) atoms. The molecule has 3 atom stereocenters. The first-order chi connectivity index (χ1) is 29.5. The predicted octanol–water partition coefficient (Wildman–Crippen LogP) is 15.2. The second kappa shape index (κ2) is 47.6. The molecule has 0 aromatic heterocycles. The number of carbonyl (C=O) groups is 2. The minimum atomic E-state index is -0.813. The molecule has 3 N–H and O–H groups in total. The Morgan fingerprint density at radius 3 is 1.42 bits per heavy atom. The number of allylic oxidation sites excluding steroid dienone is 9. The number of rotatable bonds is 45. The minimum Gasteiger partial charge on any atom is -0.458 e. The fourth-order valence-corrected chi connectivity index (χ4v) is 7.47. The molecule has 0 bridgehead atoms. The number of unbranched alkanes of at least 4 members (excludes halogenated alkanes) is 25. The van der Waals surface area contributed by atoms with Gasteiger partial charge in [0.15, 0.2) is 0 Å². The van der Waals surface area contributed by atoms with E-state index in [0.29, 0.717) is 19.3 Å². The van der Waals surface area contributed by atoms with E-state index in [-0.39, 0.29) is 24.9 Å². The zero-order chi connectivity index (χ0) is 43.8. The number of nitrogens with one attached hydrogen (secondary N) is 1. The van der Waals surface area contributed by atoms with Crippen LogP contribution in [0.4, 0.5) is 0 Å². The lowest BCUT2D eigenvalue weighted by Crippen LogP contribution is -2.46. The largest absolute Gasteiger partial charge is 0.458 e. The fourth-order valence-electron chi connectivity index (χ4n) is 7.47. The van der Waals surface area contributed by atoms with Crippen LogP contribution < -0.4 is 5.32 Å². The van der Waals surface area contributed by atoms with Gasteiger partial charge in [-0.2, -0.15) is 0 Å². The molecule has 0 aliphatic carbocycles. The lowest BCUT2D eigenvalue weighted by atomic mass is 10.0. The van der Waals surface area contributed by atoms with Crippen molar-refractivity contribution in [2.45, 2.75) is 264 Å². The number of hydrogen-bond donors (Lipinski definition) is 3. The van der Waals surface area contributed by atoms with Crippen LogP contribution >= 0.6 is 0 Å². The topological polar surface area (TPSA) is 95.9 Å². The van der Waals surface area contributed by atoms with Crippen molar-refractivity contribution in [3.05, 3.63) is 60.8 Å². The zero-order valence-electron chi connectivity index (χ0n) is 39.6. The molecule has 0 aliphatic heterocycles. The van der Waals surface area contributed by atoms with Crippen molar-refractivity contribution >= 4 is 11.9 Å². The molecular weight excluding hydrogens is 743 g/mol. The summed E-state index contributed by atoms with van der Waals surface area (Å²) < 4.78 is 5.82. The highest BCUT2D eigenvalue weighted by molar-refractivity contribution is 5.78. The summed E-state index contributed by atoms with van der Waals surface area (Å²) in [6, 6.07) is -0.735. The van der Waals surface area contributed by atoms with Crippen LogP contribution in [-0.4, -0.2) is 46.9 Å². The number of amides is 1. The number of ether oxygens (including phenoxy) is 1. The van der Waals surface area contributed by atoms with Crippen molar-refractivity contribution in [3.8, 4) is 0 Å². The van der Waals surface area contributed by atoms with Gasteiger partial charge in [0, 0.05) is 6.42 Å². The van der Waals surface area contributed by atoms with Gasteiger partial charge in [-0.25, -0.2) is 0 Å². The van der Waals surface area contributed by atoms with E-state index >= 15 is 0 Å². The van der Waals surface area contributed by atoms with Crippen molar-refractivity contribution in [3.63, 3.8) is 0 Å². The summed E-state index contributed by atoms with van der Waals surface area (Å²) in [6.07, 6.45) is 58.8. The van der Waals surface area contributed by atoms with Gasteiger partial charge in [0.05, 0.1) is 25.2 Å². The maximum Gasteiger partial charge on any atom is 0.306 e. The molecule has 0 aromatic carbocycles. The van der Waals surface area contributed by atoms with E-state index in [9.17, 15) is 19.8 Å². The Morgan fingerprint density at radius 2 is 0.933 bits per heavy atom. The lowest BCUT2D eigenvalue weighted by Gasteiger charge is -2.23. The Kier molecular flexibility index (Phi) is 45.7. The van der Waals surface area contributed by atoms with E-state index in [1.807, 2.05) is 12.2 Å². The SMILES string of the molecule is CC/C=C/C/C=C/C/C=C/CCCCCCCCC(=O)OC(/C=C/C/C=C\CCCCCCCC)CC(=O)NC(CO)C(O)CCCCCCCCCCCCCCCC. The van der Waals surface area contributed by atoms with Crippen molar-refractivity contribution in [1.29, 1.82) is 0 Å². The number of esters is 1. The van der Waals surface area contributed by atoms with Gasteiger partial charge in [-0.1, -0.05) is 223 Å². The summed E-state index contributed by atoms with van der Waals surface area (Å²) >= 11 is 0. The van der Waals surface area contributed by atoms with Gasteiger partial charge < -0.3 is 20.3 Å². The molecule has 6 nitrogen and oxygen atoms in total. The zero-order valence-corrected chi connectivity index (χ0v) is 39.6. The van der Waals surface area contributed by atoms with Crippen molar-refractivity contribution in [2.75, 3.05) is 6.61 Å². The average molecular weight is 840 g/mol. The van der Waals surface area contributed by atoms with Crippen LogP contribution in [0.2, 0.25) is 0 Å². The van der Waals surface area contributed by atoms with Gasteiger partial charge in [-0.05, 0) is 70.3 Å². The lowest BCUT2D eigenvalue weighted by molar-refractivity contribution is -0.148. The Labute approximate surface area is 371 Å². The smallest absolute Gasteiger partial charge is 0.306 e. The van der Waals surface area contributed by atoms with Gasteiger partial charge in [0.2, 0.25) is 5.91 Å². The minimum absolute atomic E-state index is 0.0349. The fraction of sp³-hybridized carbons (Fsp3) is 0.778. The number of carbonyl (C=O) groups excluding carboxylic acids is 2. The molecule has 0 rings (SSSR count). The molecule has 1 amide bonds. The van der Waals surface area contributed by atoms with Gasteiger partial charge in [-0.15, -0.1) is 0 Å². The number of aliphatic hydroxyl groups excluding tert-OH is 2. The van der Waals surface area contributed by atoms with Gasteiger partial charge in [0.1, 0.15) is 6.10 Å². The predicted molar refractivity (Wildman–Crippen MR) is 259 cm³/mol. The Morgan fingerprint density at radius 1 is 0.517 bits per heavy atom. The quantitative estimate of drug-likeness (QED) is 0.0322. The Hall–Kier alpha value is -2.44. The third kappa shape index (κ3) is 42.3. The molecular formula is C54H97NO5. The molecule has 348 valence electrons. The highest BCUT2D eigenvalue weighted by Gasteiger charge is 2.23. The molecule has 0 saturated carbocycles. The van der Waals surface area contributed by atoms with Crippen LogP contribution in [0.15, 0.2) is 60.8 Å². The monoisotopic (exact) mass is 840 g/mol. The van der Waals surface area contributed by atoms with Crippen LogP contribution in [0, 0.1) is 0 Å².